The molecule has 0 heteroatoms. The van der Waals surface area contributed by atoms with Crippen molar-refractivity contribution < 1.29 is 0 Å². The average Bonchev–Trinajstić information content (AvgIpc) is 2.21. The smallest absolute Gasteiger partial charge is 0.0388 e. The fraction of sp³-hybridized carbons (Fsp3) is 1.00. The maximum absolute atomic E-state index is 2.42. The van der Waals surface area contributed by atoms with E-state index in [0.717, 1.165) is 17.8 Å². The summed E-state index contributed by atoms with van der Waals surface area (Å²) in [4.78, 5) is 0. The number of hydrogen-bond donors (Lipinski definition) is 0. The van der Waals surface area contributed by atoms with Crippen molar-refractivity contribution in [3.05, 3.63) is 0 Å². The Labute approximate surface area is 85.1 Å². The summed E-state index contributed by atoms with van der Waals surface area (Å²) >= 11 is 0. The van der Waals surface area contributed by atoms with Crippen molar-refractivity contribution in [1.82, 2.24) is 0 Å². The fourth-order valence-corrected chi connectivity index (χ4v) is 2.19. The second-order valence-electron chi connectivity index (χ2n) is 4.41. The van der Waals surface area contributed by atoms with E-state index in [1.54, 1.807) is 0 Å². The third-order valence-corrected chi connectivity index (χ3v) is 3.51. The van der Waals surface area contributed by atoms with Crippen LogP contribution in [0.25, 0.3) is 0 Å². The largest absolute Gasteiger partial charge is 0.0683 e. The molecule has 1 unspecified atom stereocenters. The van der Waals surface area contributed by atoms with Gasteiger partial charge in [-0.3, -0.25) is 0 Å². The lowest BCUT2D eigenvalue weighted by atomic mass is 9.76. The molecular weight excluding hydrogens is 156 g/mol. The third-order valence-electron chi connectivity index (χ3n) is 3.51. The molecule has 1 atom stereocenters. The van der Waals surface area contributed by atoms with Gasteiger partial charge in [-0.25, -0.2) is 0 Å². The Morgan fingerprint density at radius 2 is 1.54 bits per heavy atom. The van der Waals surface area contributed by atoms with E-state index < -0.39 is 0 Å². The van der Waals surface area contributed by atoms with Crippen LogP contribution in [0.3, 0.4) is 0 Å². The van der Waals surface area contributed by atoms with Gasteiger partial charge in [0, 0.05) is 0 Å². The highest BCUT2D eigenvalue weighted by Crippen LogP contribution is 2.33. The van der Waals surface area contributed by atoms with Crippen molar-refractivity contribution >= 4 is 0 Å². The first kappa shape index (κ1) is 13.0. The van der Waals surface area contributed by atoms with Gasteiger partial charge in [0.1, 0.15) is 0 Å². The maximum Gasteiger partial charge on any atom is -0.0388 e. The SMILES string of the molecule is CC.CCC(C)C1CCC(C)CC1. The van der Waals surface area contributed by atoms with E-state index in [9.17, 15) is 0 Å². The van der Waals surface area contributed by atoms with E-state index in [1.165, 1.54) is 32.1 Å². The van der Waals surface area contributed by atoms with Crippen molar-refractivity contribution in [3.63, 3.8) is 0 Å². The predicted molar refractivity (Wildman–Crippen MR) is 61.9 cm³/mol. The molecule has 13 heavy (non-hydrogen) atoms. The first-order valence-corrected chi connectivity index (χ1v) is 6.24. The van der Waals surface area contributed by atoms with Gasteiger partial charge in [-0.05, 0) is 30.6 Å². The Bertz CT molecular complexity index is 98.6. The molecule has 0 aromatic rings. The Morgan fingerprint density at radius 1 is 1.08 bits per heavy atom. The molecule has 0 heterocycles. The summed E-state index contributed by atoms with van der Waals surface area (Å²) in [6.45, 7) is 11.1. The number of hydrogen-bond acceptors (Lipinski definition) is 0. The van der Waals surface area contributed by atoms with Crippen LogP contribution in [0.2, 0.25) is 0 Å². The summed E-state index contributed by atoms with van der Waals surface area (Å²) < 4.78 is 0. The topological polar surface area (TPSA) is 0 Å². The van der Waals surface area contributed by atoms with Crippen LogP contribution in [0.1, 0.15) is 66.7 Å². The molecule has 80 valence electrons. The van der Waals surface area contributed by atoms with Crippen LogP contribution in [0.15, 0.2) is 0 Å². The zero-order valence-corrected chi connectivity index (χ0v) is 10.3. The zero-order chi connectivity index (χ0) is 10.3. The summed E-state index contributed by atoms with van der Waals surface area (Å²) in [7, 11) is 0. The molecule has 1 saturated carbocycles. The molecule has 1 rings (SSSR count). The molecule has 0 saturated heterocycles. The molecule has 0 aromatic carbocycles. The lowest BCUT2D eigenvalue weighted by molar-refractivity contribution is 0.219. The van der Waals surface area contributed by atoms with Crippen LogP contribution in [-0.4, -0.2) is 0 Å². The molecule has 0 spiro atoms. The Balaban J connectivity index is 0.000000671. The van der Waals surface area contributed by atoms with Gasteiger partial charge in [0.15, 0.2) is 0 Å². The van der Waals surface area contributed by atoms with Crippen molar-refractivity contribution in [2.45, 2.75) is 66.7 Å². The van der Waals surface area contributed by atoms with Crippen molar-refractivity contribution in [2.75, 3.05) is 0 Å². The average molecular weight is 184 g/mol. The van der Waals surface area contributed by atoms with E-state index >= 15 is 0 Å². The molecular formula is C13H28. The van der Waals surface area contributed by atoms with Crippen molar-refractivity contribution in [2.24, 2.45) is 17.8 Å². The standard InChI is InChI=1S/C11H22.C2H6/c1-4-10(3)11-7-5-9(2)6-8-11;1-2/h9-11H,4-8H2,1-3H3;1-2H3. The van der Waals surface area contributed by atoms with Crippen LogP contribution in [0.5, 0.6) is 0 Å². The normalized spacial score (nSPS) is 30.2. The molecule has 0 nitrogen and oxygen atoms in total. The summed E-state index contributed by atoms with van der Waals surface area (Å²) in [6, 6.07) is 0. The lowest BCUT2D eigenvalue weighted by Gasteiger charge is -2.30. The van der Waals surface area contributed by atoms with E-state index in [2.05, 4.69) is 20.8 Å². The molecule has 1 fully saturated rings. The minimum atomic E-state index is 0.975. The highest BCUT2D eigenvalue weighted by molar-refractivity contribution is 4.73. The van der Waals surface area contributed by atoms with Crippen LogP contribution >= 0.6 is 0 Å². The summed E-state index contributed by atoms with van der Waals surface area (Å²) in [5, 5.41) is 0. The predicted octanol–water partition coefficient (Wildman–Crippen LogP) is 4.89. The summed E-state index contributed by atoms with van der Waals surface area (Å²) in [5.41, 5.74) is 0. The first-order chi connectivity index (χ1) is 6.24. The highest BCUT2D eigenvalue weighted by Gasteiger charge is 2.21. The molecule has 0 bridgehead atoms. The highest BCUT2D eigenvalue weighted by atomic mass is 14.3. The third kappa shape index (κ3) is 4.69. The second kappa shape index (κ2) is 7.41. The van der Waals surface area contributed by atoms with Gasteiger partial charge < -0.3 is 0 Å². The minimum Gasteiger partial charge on any atom is -0.0683 e. The van der Waals surface area contributed by atoms with Crippen LogP contribution in [0, 0.1) is 17.8 Å². The first-order valence-electron chi connectivity index (χ1n) is 6.24. The van der Waals surface area contributed by atoms with Crippen molar-refractivity contribution in [3.8, 4) is 0 Å². The van der Waals surface area contributed by atoms with Crippen LogP contribution in [-0.2, 0) is 0 Å². The minimum absolute atomic E-state index is 0.975. The van der Waals surface area contributed by atoms with Crippen LogP contribution in [0.4, 0.5) is 0 Å². The molecule has 0 aromatic heterocycles. The van der Waals surface area contributed by atoms with Crippen molar-refractivity contribution in [1.29, 1.82) is 0 Å². The molecule has 0 amide bonds. The van der Waals surface area contributed by atoms with Gasteiger partial charge in [0.25, 0.3) is 0 Å². The Hall–Kier alpha value is 0. The quantitative estimate of drug-likeness (QED) is 0.573. The van der Waals surface area contributed by atoms with Gasteiger partial charge in [0.2, 0.25) is 0 Å². The van der Waals surface area contributed by atoms with E-state index in [0.29, 0.717) is 0 Å². The summed E-state index contributed by atoms with van der Waals surface area (Å²) in [6.07, 6.45) is 7.33. The molecule has 1 aliphatic carbocycles. The lowest BCUT2D eigenvalue weighted by Crippen LogP contribution is -2.18. The molecule has 1 aliphatic rings. The molecule has 0 N–H and O–H groups in total. The van der Waals surface area contributed by atoms with Gasteiger partial charge in [-0.1, -0.05) is 53.9 Å². The summed E-state index contributed by atoms with van der Waals surface area (Å²) in [5.74, 6) is 3.04. The van der Waals surface area contributed by atoms with Gasteiger partial charge in [0.05, 0.1) is 0 Å². The van der Waals surface area contributed by atoms with E-state index in [4.69, 9.17) is 0 Å². The van der Waals surface area contributed by atoms with E-state index in [-0.39, 0.29) is 0 Å². The Kier molecular flexibility index (Phi) is 7.41. The zero-order valence-electron chi connectivity index (χ0n) is 10.3. The Morgan fingerprint density at radius 3 is 1.92 bits per heavy atom. The van der Waals surface area contributed by atoms with Crippen LogP contribution < -0.4 is 0 Å². The van der Waals surface area contributed by atoms with Gasteiger partial charge in [-0.2, -0.15) is 0 Å². The number of rotatable bonds is 2. The van der Waals surface area contributed by atoms with Gasteiger partial charge >= 0.3 is 0 Å². The maximum atomic E-state index is 2.42. The van der Waals surface area contributed by atoms with E-state index in [1.807, 2.05) is 13.8 Å². The van der Waals surface area contributed by atoms with Gasteiger partial charge in [-0.15, -0.1) is 0 Å². The fourth-order valence-electron chi connectivity index (χ4n) is 2.19. The monoisotopic (exact) mass is 184 g/mol. The molecule has 0 radical (unpaired) electrons. The molecule has 0 aliphatic heterocycles. The second-order valence-corrected chi connectivity index (χ2v) is 4.41.